The van der Waals surface area contributed by atoms with E-state index in [9.17, 15) is 0 Å². The Balaban J connectivity index is 1.67. The first-order valence-electron chi connectivity index (χ1n) is 9.64. The Bertz CT molecular complexity index is 357. The number of fused-ring (bicyclic) bond motifs is 1. The van der Waals surface area contributed by atoms with Gasteiger partial charge in [0, 0.05) is 40.0 Å². The van der Waals surface area contributed by atoms with Gasteiger partial charge in [0.15, 0.2) is 0 Å². The second-order valence-electron chi connectivity index (χ2n) is 7.92. The van der Waals surface area contributed by atoms with Crippen molar-refractivity contribution in [3.05, 3.63) is 0 Å². The number of methoxy groups -OCH3 is 2. The molecule has 1 aliphatic heterocycles. The molecule has 0 unspecified atom stereocenters. The van der Waals surface area contributed by atoms with Gasteiger partial charge in [0.25, 0.3) is 0 Å². The van der Waals surface area contributed by atoms with Gasteiger partial charge < -0.3 is 14.2 Å². The third-order valence-corrected chi connectivity index (χ3v) is 6.51. The topological polar surface area (TPSA) is 30.9 Å². The fourth-order valence-corrected chi connectivity index (χ4v) is 5.10. The van der Waals surface area contributed by atoms with E-state index >= 15 is 0 Å². The molecule has 0 amide bonds. The van der Waals surface area contributed by atoms with Crippen LogP contribution in [0.2, 0.25) is 0 Å². The molecule has 2 saturated carbocycles. The smallest absolute Gasteiger partial charge is 0.0732 e. The molecule has 0 aromatic carbocycles. The summed E-state index contributed by atoms with van der Waals surface area (Å²) in [5, 5.41) is 0. The second-order valence-corrected chi connectivity index (χ2v) is 7.92. The van der Waals surface area contributed by atoms with Crippen LogP contribution in [-0.2, 0) is 14.2 Å². The number of nitrogens with zero attached hydrogens (tertiary/aromatic N) is 1. The third kappa shape index (κ3) is 4.28. The van der Waals surface area contributed by atoms with E-state index < -0.39 is 0 Å². The minimum atomic E-state index is 0.418. The molecule has 1 saturated heterocycles. The molecule has 4 nitrogen and oxygen atoms in total. The summed E-state index contributed by atoms with van der Waals surface area (Å²) in [6.07, 6.45) is 12.5. The predicted molar refractivity (Wildman–Crippen MR) is 91.8 cm³/mol. The van der Waals surface area contributed by atoms with Crippen LogP contribution in [-0.4, -0.2) is 63.7 Å². The fourth-order valence-electron chi connectivity index (χ4n) is 5.10. The lowest BCUT2D eigenvalue weighted by Crippen LogP contribution is -2.57. The van der Waals surface area contributed by atoms with Crippen LogP contribution in [0.1, 0.15) is 57.8 Å². The molecule has 2 aliphatic carbocycles. The molecule has 4 heteroatoms. The molecule has 23 heavy (non-hydrogen) atoms. The Morgan fingerprint density at radius 1 is 1.13 bits per heavy atom. The Morgan fingerprint density at radius 3 is 2.70 bits per heavy atom. The molecule has 0 radical (unpaired) electrons. The van der Waals surface area contributed by atoms with Crippen molar-refractivity contribution in [1.29, 1.82) is 0 Å². The summed E-state index contributed by atoms with van der Waals surface area (Å²) in [5.41, 5.74) is 0.468. The van der Waals surface area contributed by atoms with E-state index in [2.05, 4.69) is 4.90 Å². The van der Waals surface area contributed by atoms with Crippen molar-refractivity contribution < 1.29 is 14.2 Å². The monoisotopic (exact) mass is 325 g/mol. The van der Waals surface area contributed by atoms with Gasteiger partial charge in [-0.3, -0.25) is 4.90 Å². The maximum Gasteiger partial charge on any atom is 0.0732 e. The third-order valence-electron chi connectivity index (χ3n) is 6.51. The standard InChI is InChI=1S/C19H35NO3/c1-21-12-10-19(8-4-3-5-9-19)15-20-11-13-23-18-7-6-16(22-2)14-17(18)20/h16-18H,3-15H2,1-2H3/t16-,17-,18-/m1/s1. The maximum absolute atomic E-state index is 6.09. The fraction of sp³-hybridized carbons (Fsp3) is 1.00. The first-order valence-corrected chi connectivity index (χ1v) is 9.64. The number of ether oxygens (including phenoxy) is 3. The van der Waals surface area contributed by atoms with E-state index in [1.54, 1.807) is 0 Å². The summed E-state index contributed by atoms with van der Waals surface area (Å²) in [6.45, 7) is 4.13. The van der Waals surface area contributed by atoms with Crippen molar-refractivity contribution >= 4 is 0 Å². The highest BCUT2D eigenvalue weighted by atomic mass is 16.5. The van der Waals surface area contributed by atoms with Gasteiger partial charge in [-0.1, -0.05) is 19.3 Å². The number of hydrogen-bond acceptors (Lipinski definition) is 4. The van der Waals surface area contributed by atoms with E-state index in [0.29, 0.717) is 23.7 Å². The molecular formula is C19H35NO3. The van der Waals surface area contributed by atoms with Crippen LogP contribution >= 0.6 is 0 Å². The largest absolute Gasteiger partial charge is 0.385 e. The normalized spacial score (nSPS) is 35.0. The molecule has 0 bridgehead atoms. The van der Waals surface area contributed by atoms with Crippen molar-refractivity contribution in [1.82, 2.24) is 4.90 Å². The van der Waals surface area contributed by atoms with Crippen LogP contribution in [0.3, 0.4) is 0 Å². The molecule has 3 atom stereocenters. The quantitative estimate of drug-likeness (QED) is 0.750. The number of hydrogen-bond donors (Lipinski definition) is 0. The van der Waals surface area contributed by atoms with E-state index in [4.69, 9.17) is 14.2 Å². The summed E-state index contributed by atoms with van der Waals surface area (Å²) in [6, 6.07) is 0.559. The SMILES string of the molecule is COCCC1(CN2CCO[C@@H]3CC[C@@H](OC)C[C@H]32)CCCCC1. The number of rotatable bonds is 6. The Labute approximate surface area is 141 Å². The lowest BCUT2D eigenvalue weighted by atomic mass is 9.71. The van der Waals surface area contributed by atoms with Crippen molar-refractivity contribution in [2.24, 2.45) is 5.41 Å². The lowest BCUT2D eigenvalue weighted by molar-refractivity contribution is -0.125. The predicted octanol–water partition coefficient (Wildman–Crippen LogP) is 3.24. The van der Waals surface area contributed by atoms with Crippen LogP contribution in [0.25, 0.3) is 0 Å². The van der Waals surface area contributed by atoms with Crippen molar-refractivity contribution in [3.8, 4) is 0 Å². The van der Waals surface area contributed by atoms with Gasteiger partial charge in [0.05, 0.1) is 18.8 Å². The zero-order chi connectivity index (χ0) is 16.1. The van der Waals surface area contributed by atoms with Gasteiger partial charge in [-0.15, -0.1) is 0 Å². The Kier molecular flexibility index (Phi) is 6.36. The molecule has 3 aliphatic rings. The highest BCUT2D eigenvalue weighted by Crippen LogP contribution is 2.42. The Hall–Kier alpha value is -0.160. The Morgan fingerprint density at radius 2 is 1.96 bits per heavy atom. The lowest BCUT2D eigenvalue weighted by Gasteiger charge is -2.50. The van der Waals surface area contributed by atoms with Crippen molar-refractivity contribution in [2.45, 2.75) is 76.0 Å². The van der Waals surface area contributed by atoms with Crippen LogP contribution in [0.5, 0.6) is 0 Å². The van der Waals surface area contributed by atoms with Gasteiger partial charge in [-0.2, -0.15) is 0 Å². The zero-order valence-corrected chi connectivity index (χ0v) is 15.1. The van der Waals surface area contributed by atoms with Gasteiger partial charge in [-0.25, -0.2) is 0 Å². The van der Waals surface area contributed by atoms with Crippen LogP contribution in [0.4, 0.5) is 0 Å². The van der Waals surface area contributed by atoms with Crippen molar-refractivity contribution in [2.75, 3.05) is 40.5 Å². The average molecular weight is 325 g/mol. The van der Waals surface area contributed by atoms with Crippen LogP contribution in [0, 0.1) is 5.41 Å². The van der Waals surface area contributed by atoms with E-state index in [0.717, 1.165) is 39.0 Å². The maximum atomic E-state index is 6.09. The summed E-state index contributed by atoms with van der Waals surface area (Å²) in [5.74, 6) is 0. The molecule has 0 aromatic heterocycles. The van der Waals surface area contributed by atoms with Gasteiger partial charge in [0.1, 0.15) is 0 Å². The van der Waals surface area contributed by atoms with Gasteiger partial charge in [-0.05, 0) is 43.9 Å². The van der Waals surface area contributed by atoms with Crippen molar-refractivity contribution in [3.63, 3.8) is 0 Å². The summed E-state index contributed by atoms with van der Waals surface area (Å²) in [7, 11) is 3.70. The second kappa shape index (κ2) is 8.28. The molecule has 3 rings (SSSR count). The molecule has 0 spiro atoms. The van der Waals surface area contributed by atoms with Crippen LogP contribution < -0.4 is 0 Å². The number of morpholine rings is 1. The minimum absolute atomic E-state index is 0.418. The first-order chi connectivity index (χ1) is 11.3. The first kappa shape index (κ1) is 17.7. The summed E-state index contributed by atoms with van der Waals surface area (Å²) in [4.78, 5) is 2.75. The molecule has 3 fully saturated rings. The molecule has 134 valence electrons. The van der Waals surface area contributed by atoms with Gasteiger partial charge in [0.2, 0.25) is 0 Å². The highest BCUT2D eigenvalue weighted by Gasteiger charge is 2.42. The van der Waals surface area contributed by atoms with E-state index in [-0.39, 0.29) is 0 Å². The molecule has 1 heterocycles. The van der Waals surface area contributed by atoms with E-state index in [1.165, 1.54) is 45.1 Å². The zero-order valence-electron chi connectivity index (χ0n) is 15.1. The van der Waals surface area contributed by atoms with E-state index in [1.807, 2.05) is 14.2 Å². The molecular weight excluding hydrogens is 290 g/mol. The average Bonchev–Trinajstić information content (AvgIpc) is 2.61. The summed E-state index contributed by atoms with van der Waals surface area (Å²) >= 11 is 0. The molecule has 0 N–H and O–H groups in total. The molecule has 0 aromatic rings. The highest BCUT2D eigenvalue weighted by molar-refractivity contribution is 4.95. The minimum Gasteiger partial charge on any atom is -0.385 e. The van der Waals surface area contributed by atoms with Crippen LogP contribution in [0.15, 0.2) is 0 Å². The summed E-state index contributed by atoms with van der Waals surface area (Å²) < 4.78 is 17.2. The van der Waals surface area contributed by atoms with Gasteiger partial charge >= 0.3 is 0 Å².